The van der Waals surface area contributed by atoms with Gasteiger partial charge < -0.3 is 9.64 Å². The van der Waals surface area contributed by atoms with E-state index in [2.05, 4.69) is 20.8 Å². The van der Waals surface area contributed by atoms with Crippen LogP contribution in [0.1, 0.15) is 33.6 Å². The van der Waals surface area contributed by atoms with E-state index in [0.717, 1.165) is 19.4 Å². The predicted molar refractivity (Wildman–Crippen MR) is 73.5 cm³/mol. The normalized spacial score (nSPS) is 20.7. The van der Waals surface area contributed by atoms with Crippen LogP contribution in [0, 0.1) is 5.92 Å². The van der Waals surface area contributed by atoms with E-state index >= 15 is 0 Å². The molecule has 1 heterocycles. The van der Waals surface area contributed by atoms with Crippen molar-refractivity contribution in [3.63, 3.8) is 0 Å². The Hall–Kier alpha value is -0.710. The second-order valence-electron chi connectivity index (χ2n) is 5.60. The smallest absolute Gasteiger partial charge is 0.310 e. The molecule has 0 spiro atoms. The Morgan fingerprint density at radius 1 is 1.39 bits per heavy atom. The standard InChI is InChI=1S/C13H23NO3S/c1-13(2,3)18-9-11(15)14-7-5-6-10(8-14)12(16)17-4/h10H,5-9H2,1-4H3. The molecule has 0 aliphatic carbocycles. The van der Waals surface area contributed by atoms with Gasteiger partial charge in [-0.1, -0.05) is 20.8 Å². The van der Waals surface area contributed by atoms with Gasteiger partial charge in [0.15, 0.2) is 0 Å². The molecule has 1 atom stereocenters. The van der Waals surface area contributed by atoms with Crippen LogP contribution < -0.4 is 0 Å². The van der Waals surface area contributed by atoms with Crippen LogP contribution in [0.25, 0.3) is 0 Å². The van der Waals surface area contributed by atoms with Gasteiger partial charge in [-0.2, -0.15) is 0 Å². The lowest BCUT2D eigenvalue weighted by atomic mass is 9.98. The van der Waals surface area contributed by atoms with Crippen LogP contribution in [-0.4, -0.2) is 47.5 Å². The molecule has 0 aromatic carbocycles. The monoisotopic (exact) mass is 273 g/mol. The maximum absolute atomic E-state index is 12.1. The fourth-order valence-electron chi connectivity index (χ4n) is 1.93. The minimum Gasteiger partial charge on any atom is -0.469 e. The lowest BCUT2D eigenvalue weighted by molar-refractivity contribution is -0.148. The number of likely N-dealkylation sites (tertiary alicyclic amines) is 1. The number of ether oxygens (including phenoxy) is 1. The first-order chi connectivity index (χ1) is 8.33. The molecule has 1 rings (SSSR count). The molecule has 1 saturated heterocycles. The van der Waals surface area contributed by atoms with Gasteiger partial charge in [-0.05, 0) is 12.8 Å². The second kappa shape index (κ2) is 6.45. The van der Waals surface area contributed by atoms with Crippen molar-refractivity contribution in [2.75, 3.05) is 26.0 Å². The molecule has 0 saturated carbocycles. The number of hydrogen-bond donors (Lipinski definition) is 0. The summed E-state index contributed by atoms with van der Waals surface area (Å²) in [6, 6.07) is 0. The van der Waals surface area contributed by atoms with Crippen molar-refractivity contribution >= 4 is 23.6 Å². The molecule has 1 unspecified atom stereocenters. The maximum atomic E-state index is 12.1. The lowest BCUT2D eigenvalue weighted by Crippen LogP contribution is -2.43. The second-order valence-corrected chi connectivity index (χ2v) is 7.41. The van der Waals surface area contributed by atoms with Crippen molar-refractivity contribution in [1.82, 2.24) is 4.90 Å². The first-order valence-electron chi connectivity index (χ1n) is 6.33. The van der Waals surface area contributed by atoms with Gasteiger partial charge in [-0.3, -0.25) is 9.59 Å². The number of methoxy groups -OCH3 is 1. The average Bonchev–Trinajstić information content (AvgIpc) is 2.34. The minimum atomic E-state index is -0.198. The summed E-state index contributed by atoms with van der Waals surface area (Å²) in [5.41, 5.74) is 0. The highest BCUT2D eigenvalue weighted by atomic mass is 32.2. The number of esters is 1. The van der Waals surface area contributed by atoms with Crippen molar-refractivity contribution in [2.24, 2.45) is 5.92 Å². The fourth-order valence-corrected chi connectivity index (χ4v) is 2.67. The van der Waals surface area contributed by atoms with E-state index in [1.807, 2.05) is 0 Å². The summed E-state index contributed by atoms with van der Waals surface area (Å²) in [4.78, 5) is 25.3. The summed E-state index contributed by atoms with van der Waals surface area (Å²) >= 11 is 1.64. The van der Waals surface area contributed by atoms with Gasteiger partial charge in [-0.15, -0.1) is 11.8 Å². The van der Waals surface area contributed by atoms with E-state index in [1.165, 1.54) is 7.11 Å². The third-order valence-electron chi connectivity index (χ3n) is 2.94. The predicted octanol–water partition coefficient (Wildman–Crippen LogP) is 1.93. The molecule has 18 heavy (non-hydrogen) atoms. The van der Waals surface area contributed by atoms with E-state index < -0.39 is 0 Å². The fraction of sp³-hybridized carbons (Fsp3) is 0.846. The molecule has 0 radical (unpaired) electrons. The third-order valence-corrected chi connectivity index (χ3v) is 4.19. The topological polar surface area (TPSA) is 46.6 Å². The van der Waals surface area contributed by atoms with Crippen LogP contribution in [0.2, 0.25) is 0 Å². The van der Waals surface area contributed by atoms with Gasteiger partial charge in [0, 0.05) is 17.8 Å². The van der Waals surface area contributed by atoms with Gasteiger partial charge in [0.1, 0.15) is 0 Å². The lowest BCUT2D eigenvalue weighted by Gasteiger charge is -2.32. The Bertz CT molecular complexity index is 312. The van der Waals surface area contributed by atoms with E-state index in [0.29, 0.717) is 12.3 Å². The van der Waals surface area contributed by atoms with Crippen LogP contribution in [0.4, 0.5) is 0 Å². The molecule has 0 bridgehead atoms. The minimum absolute atomic E-state index is 0.0905. The zero-order chi connectivity index (χ0) is 13.8. The maximum Gasteiger partial charge on any atom is 0.310 e. The number of piperidine rings is 1. The molecule has 1 amide bonds. The summed E-state index contributed by atoms with van der Waals surface area (Å²) < 4.78 is 4.84. The van der Waals surface area contributed by atoms with Gasteiger partial charge in [0.25, 0.3) is 0 Å². The van der Waals surface area contributed by atoms with E-state index in [4.69, 9.17) is 4.74 Å². The molecular formula is C13H23NO3S. The Kier molecular flexibility index (Phi) is 5.50. The molecule has 1 fully saturated rings. The Morgan fingerprint density at radius 3 is 2.61 bits per heavy atom. The van der Waals surface area contributed by atoms with Crippen LogP contribution in [0.15, 0.2) is 0 Å². The van der Waals surface area contributed by atoms with Crippen molar-refractivity contribution in [3.8, 4) is 0 Å². The quantitative estimate of drug-likeness (QED) is 0.737. The first-order valence-corrected chi connectivity index (χ1v) is 7.31. The Balaban J connectivity index is 2.46. The zero-order valence-electron chi connectivity index (χ0n) is 11.7. The summed E-state index contributed by atoms with van der Waals surface area (Å²) in [5.74, 6) is 0.268. The Labute approximate surface area is 113 Å². The van der Waals surface area contributed by atoms with Crippen LogP contribution in [-0.2, 0) is 14.3 Å². The van der Waals surface area contributed by atoms with Gasteiger partial charge in [-0.25, -0.2) is 0 Å². The summed E-state index contributed by atoms with van der Waals surface area (Å²) in [5, 5.41) is 0. The number of thioether (sulfide) groups is 1. The Morgan fingerprint density at radius 2 is 2.06 bits per heavy atom. The molecule has 4 nitrogen and oxygen atoms in total. The average molecular weight is 273 g/mol. The first kappa shape index (κ1) is 15.3. The molecule has 1 aliphatic heterocycles. The largest absolute Gasteiger partial charge is 0.469 e. The SMILES string of the molecule is COC(=O)C1CCCN(C(=O)CSC(C)(C)C)C1. The van der Waals surface area contributed by atoms with E-state index in [1.54, 1.807) is 16.7 Å². The molecule has 0 N–H and O–H groups in total. The molecule has 5 heteroatoms. The van der Waals surface area contributed by atoms with Crippen LogP contribution in [0.5, 0.6) is 0 Å². The zero-order valence-corrected chi connectivity index (χ0v) is 12.5. The number of carbonyl (C=O) groups excluding carboxylic acids is 2. The van der Waals surface area contributed by atoms with E-state index in [-0.39, 0.29) is 22.5 Å². The van der Waals surface area contributed by atoms with Crippen molar-refractivity contribution < 1.29 is 14.3 Å². The van der Waals surface area contributed by atoms with Crippen LogP contribution >= 0.6 is 11.8 Å². The number of hydrogen-bond acceptors (Lipinski definition) is 4. The number of nitrogens with zero attached hydrogens (tertiary/aromatic N) is 1. The number of amides is 1. The highest BCUT2D eigenvalue weighted by Crippen LogP contribution is 2.24. The van der Waals surface area contributed by atoms with E-state index in [9.17, 15) is 9.59 Å². The van der Waals surface area contributed by atoms with Crippen molar-refractivity contribution in [1.29, 1.82) is 0 Å². The highest BCUT2D eigenvalue weighted by Gasteiger charge is 2.29. The molecule has 0 aromatic heterocycles. The molecule has 0 aromatic rings. The molecule has 104 valence electrons. The van der Waals surface area contributed by atoms with Gasteiger partial charge in [0.05, 0.1) is 18.8 Å². The highest BCUT2D eigenvalue weighted by molar-refractivity contribution is 8.01. The molecular weight excluding hydrogens is 250 g/mol. The van der Waals surface area contributed by atoms with Gasteiger partial charge in [0.2, 0.25) is 5.91 Å². The number of carbonyl (C=O) groups is 2. The summed E-state index contributed by atoms with van der Waals surface area (Å²) in [6.07, 6.45) is 1.70. The van der Waals surface area contributed by atoms with Crippen molar-refractivity contribution in [2.45, 2.75) is 38.4 Å². The van der Waals surface area contributed by atoms with Gasteiger partial charge >= 0.3 is 5.97 Å². The van der Waals surface area contributed by atoms with Crippen LogP contribution in [0.3, 0.4) is 0 Å². The number of rotatable bonds is 3. The third kappa shape index (κ3) is 4.88. The molecule has 1 aliphatic rings. The van der Waals surface area contributed by atoms with Crippen molar-refractivity contribution in [3.05, 3.63) is 0 Å². The summed E-state index contributed by atoms with van der Waals surface area (Å²) in [7, 11) is 1.40. The summed E-state index contributed by atoms with van der Waals surface area (Å²) in [6.45, 7) is 7.56.